The van der Waals surface area contributed by atoms with Gasteiger partial charge in [-0.05, 0) is 10.8 Å². The molecule has 0 saturated carbocycles. The highest BCUT2D eigenvalue weighted by molar-refractivity contribution is 7.39. The van der Waals surface area contributed by atoms with Gasteiger partial charge in [-0.1, -0.05) is 59.7 Å². The number of hydrogen-bond acceptors (Lipinski definition) is 7. The molecule has 1 rings (SSSR count). The van der Waals surface area contributed by atoms with Gasteiger partial charge in [0.05, 0.1) is 25.4 Å². The van der Waals surface area contributed by atoms with E-state index in [4.69, 9.17) is 25.6 Å². The largest absolute Gasteiger partial charge is 0.426 e. The Labute approximate surface area is 157 Å². The number of hydrogen-bond donors (Lipinski definition) is 6. The standard InChI is InChI=1S/C14H23O3P.C4H11NO3/c1-13(2,3)10-8-7-9-11(14(4,5)6)12(10)17-18(15)16;5-4(1-6,2-7)3-8/h7-9,15-16H,1-6H3;6-8H,1-3,5H2. The molecule has 1 aromatic rings. The number of para-hydroxylation sites is 1. The van der Waals surface area contributed by atoms with Crippen LogP contribution < -0.4 is 10.3 Å². The maximum atomic E-state index is 9.18. The van der Waals surface area contributed by atoms with Crippen molar-refractivity contribution in [3.63, 3.8) is 0 Å². The number of rotatable bonds is 5. The lowest BCUT2D eigenvalue weighted by molar-refractivity contribution is 0.0697. The first kappa shape index (κ1) is 25.2. The van der Waals surface area contributed by atoms with Gasteiger partial charge in [0.15, 0.2) is 0 Å². The first-order valence-electron chi connectivity index (χ1n) is 8.33. The van der Waals surface area contributed by atoms with E-state index in [1.807, 2.05) is 18.2 Å². The summed E-state index contributed by atoms with van der Waals surface area (Å²) in [6.07, 6.45) is 0. The maximum Gasteiger partial charge on any atom is 0.391 e. The molecule has 1 aromatic carbocycles. The minimum absolute atomic E-state index is 0.109. The summed E-state index contributed by atoms with van der Waals surface area (Å²) in [5.41, 5.74) is 5.70. The molecule has 0 amide bonds. The summed E-state index contributed by atoms with van der Waals surface area (Å²) >= 11 is 0. The summed E-state index contributed by atoms with van der Waals surface area (Å²) < 4.78 is 5.31. The van der Waals surface area contributed by atoms with Crippen molar-refractivity contribution >= 4 is 8.60 Å². The molecule has 26 heavy (non-hydrogen) atoms. The first-order chi connectivity index (χ1) is 11.7. The van der Waals surface area contributed by atoms with Crippen LogP contribution in [-0.2, 0) is 10.8 Å². The lowest BCUT2D eigenvalue weighted by Gasteiger charge is -2.29. The van der Waals surface area contributed by atoms with Gasteiger partial charge in [-0.2, -0.15) is 0 Å². The van der Waals surface area contributed by atoms with Crippen LogP contribution in [-0.4, -0.2) is 50.5 Å². The Hall–Kier alpha value is -0.790. The van der Waals surface area contributed by atoms with E-state index in [0.29, 0.717) is 5.75 Å². The number of aliphatic hydroxyl groups is 3. The van der Waals surface area contributed by atoms with Gasteiger partial charge in [0.25, 0.3) is 0 Å². The van der Waals surface area contributed by atoms with E-state index in [2.05, 4.69) is 41.5 Å². The Morgan fingerprint density at radius 3 is 1.38 bits per heavy atom. The van der Waals surface area contributed by atoms with Crippen molar-refractivity contribution in [1.29, 1.82) is 0 Å². The predicted molar refractivity (Wildman–Crippen MR) is 104 cm³/mol. The molecule has 0 spiro atoms. The van der Waals surface area contributed by atoms with Crippen molar-refractivity contribution in [2.24, 2.45) is 5.73 Å². The van der Waals surface area contributed by atoms with Gasteiger partial charge in [0.1, 0.15) is 5.75 Å². The van der Waals surface area contributed by atoms with Crippen LogP contribution in [0.5, 0.6) is 5.75 Å². The fraction of sp³-hybridized carbons (Fsp3) is 0.667. The normalized spacial score (nSPS) is 12.7. The molecular formula is C18H34NO6P. The van der Waals surface area contributed by atoms with Crippen molar-refractivity contribution in [2.45, 2.75) is 57.9 Å². The number of aliphatic hydroxyl groups excluding tert-OH is 3. The number of nitrogens with two attached hydrogens (primary N) is 1. The minimum atomic E-state index is -2.40. The average molecular weight is 391 g/mol. The van der Waals surface area contributed by atoms with Crippen molar-refractivity contribution in [2.75, 3.05) is 19.8 Å². The van der Waals surface area contributed by atoms with Crippen LogP contribution in [0.1, 0.15) is 52.7 Å². The van der Waals surface area contributed by atoms with Crippen LogP contribution in [0.15, 0.2) is 18.2 Å². The Morgan fingerprint density at radius 1 is 0.846 bits per heavy atom. The third-order valence-corrected chi connectivity index (χ3v) is 4.09. The number of benzene rings is 1. The summed E-state index contributed by atoms with van der Waals surface area (Å²) in [5, 5.41) is 25.0. The third-order valence-electron chi connectivity index (χ3n) is 3.75. The summed E-state index contributed by atoms with van der Waals surface area (Å²) in [4.78, 5) is 18.4. The van der Waals surface area contributed by atoms with Gasteiger partial charge >= 0.3 is 8.60 Å². The van der Waals surface area contributed by atoms with E-state index >= 15 is 0 Å². The molecule has 0 aliphatic rings. The molecule has 0 fully saturated rings. The third kappa shape index (κ3) is 7.84. The molecule has 0 aliphatic heterocycles. The van der Waals surface area contributed by atoms with Crippen LogP contribution >= 0.6 is 8.60 Å². The van der Waals surface area contributed by atoms with Crippen molar-refractivity contribution < 1.29 is 29.6 Å². The van der Waals surface area contributed by atoms with Crippen LogP contribution in [0.3, 0.4) is 0 Å². The zero-order valence-corrected chi connectivity index (χ0v) is 17.4. The van der Waals surface area contributed by atoms with Crippen molar-refractivity contribution in [1.82, 2.24) is 0 Å². The minimum Gasteiger partial charge on any atom is -0.426 e. The Morgan fingerprint density at radius 2 is 1.19 bits per heavy atom. The second kappa shape index (κ2) is 9.95. The van der Waals surface area contributed by atoms with E-state index in [9.17, 15) is 9.79 Å². The summed E-state index contributed by atoms with van der Waals surface area (Å²) in [5.74, 6) is 0.605. The SMILES string of the molecule is CC(C)(C)c1cccc(C(C)(C)C)c1OP(O)O.NC(CO)(CO)CO. The molecule has 7 N–H and O–H groups in total. The van der Waals surface area contributed by atoms with Crippen LogP contribution in [0, 0.1) is 0 Å². The quantitative estimate of drug-likeness (QED) is 0.419. The van der Waals surface area contributed by atoms with Gasteiger partial charge in [-0.15, -0.1) is 0 Å². The lowest BCUT2D eigenvalue weighted by Crippen LogP contribution is -2.50. The first-order valence-corrected chi connectivity index (χ1v) is 9.49. The highest BCUT2D eigenvalue weighted by Crippen LogP contribution is 2.43. The van der Waals surface area contributed by atoms with E-state index in [1.54, 1.807) is 0 Å². The van der Waals surface area contributed by atoms with Gasteiger partial charge in [0, 0.05) is 11.1 Å². The van der Waals surface area contributed by atoms with Crippen LogP contribution in [0.2, 0.25) is 0 Å². The smallest absolute Gasteiger partial charge is 0.391 e. The fourth-order valence-electron chi connectivity index (χ4n) is 2.05. The molecular weight excluding hydrogens is 357 g/mol. The fourth-order valence-corrected chi connectivity index (χ4v) is 2.41. The molecule has 152 valence electrons. The maximum absolute atomic E-state index is 9.18. The lowest BCUT2D eigenvalue weighted by atomic mass is 9.80. The average Bonchev–Trinajstić information content (AvgIpc) is 2.52. The Bertz CT molecular complexity index is 507. The van der Waals surface area contributed by atoms with Gasteiger partial charge in [-0.25, -0.2) is 0 Å². The highest BCUT2D eigenvalue weighted by atomic mass is 31.2. The zero-order valence-electron chi connectivity index (χ0n) is 16.5. The molecule has 0 saturated heterocycles. The van der Waals surface area contributed by atoms with Gasteiger partial charge in [-0.3, -0.25) is 0 Å². The summed E-state index contributed by atoms with van der Waals surface area (Å²) in [7, 11) is -2.40. The van der Waals surface area contributed by atoms with Gasteiger partial charge < -0.3 is 35.4 Å². The van der Waals surface area contributed by atoms with E-state index in [-0.39, 0.29) is 10.8 Å². The molecule has 0 bridgehead atoms. The topological polar surface area (TPSA) is 136 Å². The molecule has 0 aromatic heterocycles. The molecule has 8 heteroatoms. The van der Waals surface area contributed by atoms with Crippen molar-refractivity contribution in [3.8, 4) is 5.75 Å². The monoisotopic (exact) mass is 391 g/mol. The predicted octanol–water partition coefficient (Wildman–Crippen LogP) is 1.53. The van der Waals surface area contributed by atoms with Crippen LogP contribution in [0.25, 0.3) is 0 Å². The second-order valence-corrected chi connectivity index (χ2v) is 9.05. The van der Waals surface area contributed by atoms with Crippen LogP contribution in [0.4, 0.5) is 0 Å². The Kier molecular flexibility index (Phi) is 9.64. The van der Waals surface area contributed by atoms with Crippen molar-refractivity contribution in [3.05, 3.63) is 29.3 Å². The van der Waals surface area contributed by atoms with E-state index < -0.39 is 34.0 Å². The second-order valence-electron chi connectivity index (χ2n) is 8.36. The van der Waals surface area contributed by atoms with E-state index in [1.165, 1.54) is 0 Å². The van der Waals surface area contributed by atoms with E-state index in [0.717, 1.165) is 11.1 Å². The molecule has 0 unspecified atom stereocenters. The highest BCUT2D eigenvalue weighted by Gasteiger charge is 2.27. The Balaban J connectivity index is 0.000000660. The molecule has 0 heterocycles. The molecule has 0 aliphatic carbocycles. The molecule has 0 radical (unpaired) electrons. The zero-order chi connectivity index (χ0) is 20.8. The molecule has 7 nitrogen and oxygen atoms in total. The van der Waals surface area contributed by atoms with Gasteiger partial charge in [0.2, 0.25) is 0 Å². The molecule has 0 atom stereocenters. The summed E-state index contributed by atoms with van der Waals surface area (Å²) in [6.45, 7) is 11.3. The summed E-state index contributed by atoms with van der Waals surface area (Å²) in [6, 6.07) is 5.94.